The summed E-state index contributed by atoms with van der Waals surface area (Å²) in [5.41, 5.74) is 2.28. The predicted molar refractivity (Wildman–Crippen MR) is 68.7 cm³/mol. The number of rotatable bonds is 4. The molecular formula is C14H18N2O. The van der Waals surface area contributed by atoms with Crippen molar-refractivity contribution in [1.82, 2.24) is 10.3 Å². The molecule has 1 amide bonds. The molecule has 0 aromatic carbocycles. The molecule has 0 fully saturated rings. The zero-order chi connectivity index (χ0) is 12.8. The zero-order valence-electron chi connectivity index (χ0n) is 10.6. The molecule has 0 aliphatic carbocycles. The molecule has 3 heteroatoms. The molecule has 1 rings (SSSR count). The molecule has 0 saturated heterocycles. The van der Waals surface area contributed by atoms with Crippen molar-refractivity contribution in [2.24, 2.45) is 0 Å². The Balaban J connectivity index is 2.79. The maximum absolute atomic E-state index is 12.0. The second-order valence-electron chi connectivity index (χ2n) is 4.07. The molecule has 0 radical (unpaired) electrons. The van der Waals surface area contributed by atoms with Crippen LogP contribution >= 0.6 is 0 Å². The molecule has 3 nitrogen and oxygen atoms in total. The fourth-order valence-corrected chi connectivity index (χ4v) is 1.63. The molecule has 1 aromatic rings. The van der Waals surface area contributed by atoms with Gasteiger partial charge < -0.3 is 5.32 Å². The lowest BCUT2D eigenvalue weighted by Gasteiger charge is -2.15. The summed E-state index contributed by atoms with van der Waals surface area (Å²) < 4.78 is 0. The fraction of sp³-hybridized carbons (Fsp3) is 0.429. The van der Waals surface area contributed by atoms with E-state index in [-0.39, 0.29) is 11.9 Å². The van der Waals surface area contributed by atoms with E-state index in [1.165, 1.54) is 0 Å². The van der Waals surface area contributed by atoms with Gasteiger partial charge in [-0.3, -0.25) is 9.78 Å². The second-order valence-corrected chi connectivity index (χ2v) is 4.07. The summed E-state index contributed by atoms with van der Waals surface area (Å²) in [7, 11) is 0. The molecule has 0 aliphatic rings. The summed E-state index contributed by atoms with van der Waals surface area (Å²) in [6.07, 6.45) is 6.64. The number of aryl methyl sites for hydroxylation is 2. The first-order chi connectivity index (χ1) is 8.08. The first kappa shape index (κ1) is 13.2. The fourth-order valence-electron chi connectivity index (χ4n) is 1.63. The van der Waals surface area contributed by atoms with Gasteiger partial charge in [0.05, 0.1) is 11.3 Å². The van der Waals surface area contributed by atoms with Gasteiger partial charge in [0, 0.05) is 18.2 Å². The minimum atomic E-state index is -0.0999. The Morgan fingerprint density at radius 3 is 2.76 bits per heavy atom. The van der Waals surface area contributed by atoms with Crippen LogP contribution in [-0.4, -0.2) is 16.9 Å². The number of aromatic nitrogens is 1. The number of nitrogens with one attached hydrogen (secondary N) is 1. The molecular weight excluding hydrogens is 212 g/mol. The van der Waals surface area contributed by atoms with E-state index in [2.05, 4.69) is 16.2 Å². The average molecular weight is 230 g/mol. The molecule has 1 atom stereocenters. The molecule has 1 heterocycles. The van der Waals surface area contributed by atoms with Gasteiger partial charge in [0.25, 0.3) is 5.91 Å². The van der Waals surface area contributed by atoms with E-state index in [0.29, 0.717) is 12.0 Å². The van der Waals surface area contributed by atoms with Gasteiger partial charge in [0.1, 0.15) is 0 Å². The summed E-state index contributed by atoms with van der Waals surface area (Å²) in [4.78, 5) is 16.3. The molecule has 17 heavy (non-hydrogen) atoms. The smallest absolute Gasteiger partial charge is 0.253 e. The number of hydrogen-bond acceptors (Lipinski definition) is 2. The van der Waals surface area contributed by atoms with Crippen LogP contribution in [0.5, 0.6) is 0 Å². The van der Waals surface area contributed by atoms with Crippen LogP contribution in [0.25, 0.3) is 0 Å². The maximum Gasteiger partial charge on any atom is 0.253 e. The van der Waals surface area contributed by atoms with Gasteiger partial charge in [0.15, 0.2) is 0 Å². The lowest BCUT2D eigenvalue weighted by Crippen LogP contribution is -2.34. The molecule has 1 N–H and O–H groups in total. The Labute approximate surface area is 103 Å². The highest BCUT2D eigenvalue weighted by atomic mass is 16.1. The second kappa shape index (κ2) is 6.05. The quantitative estimate of drug-likeness (QED) is 0.806. The number of amides is 1. The molecule has 0 spiro atoms. The Morgan fingerprint density at radius 1 is 1.53 bits per heavy atom. The summed E-state index contributed by atoms with van der Waals surface area (Å²) in [6, 6.07) is 3.67. The van der Waals surface area contributed by atoms with Crippen LogP contribution in [0.1, 0.15) is 41.5 Å². The SMILES string of the molecule is C#CCC(CC)NC(=O)c1ccc(C)nc1C. The molecule has 1 aromatic heterocycles. The van der Waals surface area contributed by atoms with Crippen LogP contribution in [0.4, 0.5) is 0 Å². The van der Waals surface area contributed by atoms with Crippen molar-refractivity contribution in [3.63, 3.8) is 0 Å². The first-order valence-electron chi connectivity index (χ1n) is 5.77. The van der Waals surface area contributed by atoms with E-state index in [4.69, 9.17) is 6.42 Å². The summed E-state index contributed by atoms with van der Waals surface area (Å²) in [5, 5.41) is 2.92. The Hall–Kier alpha value is -1.82. The molecule has 90 valence electrons. The van der Waals surface area contributed by atoms with Crippen molar-refractivity contribution in [2.75, 3.05) is 0 Å². The molecule has 0 aliphatic heterocycles. The summed E-state index contributed by atoms with van der Waals surface area (Å²) >= 11 is 0. The van der Waals surface area contributed by atoms with Crippen molar-refractivity contribution in [1.29, 1.82) is 0 Å². The van der Waals surface area contributed by atoms with Gasteiger partial charge in [-0.25, -0.2) is 0 Å². The molecule has 1 unspecified atom stereocenters. The zero-order valence-corrected chi connectivity index (χ0v) is 10.6. The standard InChI is InChI=1S/C14H18N2O/c1-5-7-12(6-2)16-14(17)13-9-8-10(3)15-11(13)4/h1,8-9,12H,6-7H2,2-4H3,(H,16,17). The van der Waals surface area contributed by atoms with Gasteiger partial charge in [-0.05, 0) is 32.4 Å². The summed E-state index contributed by atoms with van der Waals surface area (Å²) in [5.74, 6) is 2.47. The average Bonchev–Trinajstić information content (AvgIpc) is 2.28. The summed E-state index contributed by atoms with van der Waals surface area (Å²) in [6.45, 7) is 5.74. The number of nitrogens with zero attached hydrogens (tertiary/aromatic N) is 1. The van der Waals surface area contributed by atoms with E-state index in [1.807, 2.05) is 26.8 Å². The van der Waals surface area contributed by atoms with Crippen LogP contribution in [0.2, 0.25) is 0 Å². The van der Waals surface area contributed by atoms with Crippen LogP contribution in [0.15, 0.2) is 12.1 Å². The predicted octanol–water partition coefficient (Wildman–Crippen LogP) is 2.23. The van der Waals surface area contributed by atoms with E-state index in [1.54, 1.807) is 6.07 Å². The number of hydrogen-bond donors (Lipinski definition) is 1. The highest BCUT2D eigenvalue weighted by Crippen LogP contribution is 2.07. The third-order valence-electron chi connectivity index (χ3n) is 2.66. The van der Waals surface area contributed by atoms with Crippen LogP contribution < -0.4 is 5.32 Å². The van der Waals surface area contributed by atoms with Crippen molar-refractivity contribution < 1.29 is 4.79 Å². The topological polar surface area (TPSA) is 42.0 Å². The highest BCUT2D eigenvalue weighted by Gasteiger charge is 2.13. The van der Waals surface area contributed by atoms with Crippen molar-refractivity contribution in [2.45, 2.75) is 39.7 Å². The third kappa shape index (κ3) is 3.60. The first-order valence-corrected chi connectivity index (χ1v) is 5.77. The normalized spacial score (nSPS) is 11.6. The van der Waals surface area contributed by atoms with Crippen LogP contribution in [0, 0.1) is 26.2 Å². The van der Waals surface area contributed by atoms with Crippen LogP contribution in [0.3, 0.4) is 0 Å². The Morgan fingerprint density at radius 2 is 2.24 bits per heavy atom. The van der Waals surface area contributed by atoms with Crippen LogP contribution in [-0.2, 0) is 0 Å². The van der Waals surface area contributed by atoms with Crippen molar-refractivity contribution in [3.05, 3.63) is 29.1 Å². The highest BCUT2D eigenvalue weighted by molar-refractivity contribution is 5.95. The minimum absolute atomic E-state index is 0.0354. The van der Waals surface area contributed by atoms with Gasteiger partial charge in [-0.15, -0.1) is 12.3 Å². The number of terminal acetylenes is 1. The van der Waals surface area contributed by atoms with Gasteiger partial charge >= 0.3 is 0 Å². The van der Waals surface area contributed by atoms with E-state index in [9.17, 15) is 4.79 Å². The van der Waals surface area contributed by atoms with Crippen molar-refractivity contribution >= 4 is 5.91 Å². The molecule has 0 saturated carbocycles. The lowest BCUT2D eigenvalue weighted by molar-refractivity contribution is 0.0935. The van der Waals surface area contributed by atoms with Gasteiger partial charge in [0.2, 0.25) is 0 Å². The number of carbonyl (C=O) groups excluding carboxylic acids is 1. The monoisotopic (exact) mass is 230 g/mol. The number of carbonyl (C=O) groups is 1. The third-order valence-corrected chi connectivity index (χ3v) is 2.66. The van der Waals surface area contributed by atoms with E-state index >= 15 is 0 Å². The minimum Gasteiger partial charge on any atom is -0.348 e. The van der Waals surface area contributed by atoms with Gasteiger partial charge in [-0.2, -0.15) is 0 Å². The molecule has 0 bridgehead atoms. The maximum atomic E-state index is 12.0. The lowest BCUT2D eigenvalue weighted by atomic mass is 10.1. The van der Waals surface area contributed by atoms with E-state index in [0.717, 1.165) is 17.8 Å². The Bertz CT molecular complexity index is 446. The number of pyridine rings is 1. The van der Waals surface area contributed by atoms with E-state index < -0.39 is 0 Å². The van der Waals surface area contributed by atoms with Gasteiger partial charge in [-0.1, -0.05) is 6.92 Å². The van der Waals surface area contributed by atoms with Crippen molar-refractivity contribution in [3.8, 4) is 12.3 Å². The largest absolute Gasteiger partial charge is 0.348 e. The Kier molecular flexibility index (Phi) is 4.71.